The van der Waals surface area contributed by atoms with Crippen LogP contribution in [-0.4, -0.2) is 28.5 Å². The molecule has 0 saturated heterocycles. The maximum atomic E-state index is 10.8. The highest BCUT2D eigenvalue weighted by atomic mass is 32.1. The molecule has 106 valence electrons. The molecule has 7 heteroatoms. The summed E-state index contributed by atoms with van der Waals surface area (Å²) in [5.41, 5.74) is 5.93. The van der Waals surface area contributed by atoms with Gasteiger partial charge in [0.1, 0.15) is 6.20 Å². The largest absolute Gasteiger partial charge is 0.345 e. The molecule has 0 aromatic carbocycles. The number of nitrogens with two attached hydrogens (primary N) is 1. The molecule has 0 amide bonds. The Hall–Kier alpha value is -1.21. The molecule has 2 N–H and O–H groups in total. The van der Waals surface area contributed by atoms with Crippen LogP contribution in [0, 0.1) is 10.1 Å². The van der Waals surface area contributed by atoms with Gasteiger partial charge in [0, 0.05) is 18.6 Å². The Kier molecular flexibility index (Phi) is 4.71. The van der Waals surface area contributed by atoms with E-state index >= 15 is 0 Å². The van der Waals surface area contributed by atoms with E-state index < -0.39 is 0 Å². The van der Waals surface area contributed by atoms with Crippen LogP contribution in [0.2, 0.25) is 0 Å². The van der Waals surface area contributed by atoms with E-state index in [1.807, 2.05) is 0 Å². The van der Waals surface area contributed by atoms with Gasteiger partial charge in [-0.25, -0.2) is 4.98 Å². The number of anilines is 1. The molecule has 0 atom stereocenters. The minimum atomic E-state index is -0.373. The van der Waals surface area contributed by atoms with Crippen molar-refractivity contribution in [1.29, 1.82) is 0 Å². The number of hydrogen-bond acceptors (Lipinski definition) is 6. The molecule has 1 aromatic heterocycles. The molecule has 2 rings (SSSR count). The van der Waals surface area contributed by atoms with Gasteiger partial charge in [-0.1, -0.05) is 6.92 Å². The molecule has 1 aliphatic rings. The molecule has 0 bridgehead atoms. The molecule has 1 aromatic rings. The van der Waals surface area contributed by atoms with Crippen LogP contribution in [0.15, 0.2) is 6.20 Å². The van der Waals surface area contributed by atoms with Gasteiger partial charge in [0.25, 0.3) is 0 Å². The molecule has 1 saturated carbocycles. The molecule has 6 nitrogen and oxygen atoms in total. The van der Waals surface area contributed by atoms with E-state index in [4.69, 9.17) is 5.73 Å². The molecule has 0 unspecified atom stereocenters. The number of hydrogen-bond donors (Lipinski definition) is 1. The van der Waals surface area contributed by atoms with Crippen molar-refractivity contribution < 1.29 is 4.92 Å². The van der Waals surface area contributed by atoms with Gasteiger partial charge in [-0.3, -0.25) is 10.1 Å². The minimum Gasteiger partial charge on any atom is -0.345 e. The quantitative estimate of drug-likeness (QED) is 0.663. The summed E-state index contributed by atoms with van der Waals surface area (Å²) in [6.45, 7) is 3.01. The number of nitro groups is 1. The number of rotatable bonds is 5. The summed E-state index contributed by atoms with van der Waals surface area (Å²) in [7, 11) is 0. The van der Waals surface area contributed by atoms with Crippen molar-refractivity contribution in [3.63, 3.8) is 0 Å². The maximum Gasteiger partial charge on any atom is 0.345 e. The molecule has 1 aliphatic carbocycles. The molecule has 0 aliphatic heterocycles. The fraction of sp³-hybridized carbons (Fsp3) is 0.750. The van der Waals surface area contributed by atoms with Crippen molar-refractivity contribution >= 4 is 21.5 Å². The molecular formula is C12H20N4O2S. The minimum absolute atomic E-state index is 0.114. The smallest absolute Gasteiger partial charge is 0.345 e. The first-order valence-electron chi connectivity index (χ1n) is 6.74. The Morgan fingerprint density at radius 1 is 1.53 bits per heavy atom. The standard InChI is InChI=1S/C12H20N4O2S/c1-2-7-15(10-5-3-9(13)4-6-10)12-14-8-11(19-12)16(17)18/h8-10H,2-7,13H2,1H3. The van der Waals surface area contributed by atoms with Crippen LogP contribution in [-0.2, 0) is 0 Å². The summed E-state index contributed by atoms with van der Waals surface area (Å²) in [6, 6.07) is 0.732. The third-order valence-corrected chi connectivity index (χ3v) is 4.54. The highest BCUT2D eigenvalue weighted by Gasteiger charge is 2.27. The van der Waals surface area contributed by atoms with Crippen molar-refractivity contribution in [3.8, 4) is 0 Å². The first-order valence-corrected chi connectivity index (χ1v) is 7.56. The van der Waals surface area contributed by atoms with Gasteiger partial charge in [0.2, 0.25) is 0 Å². The Bertz CT molecular complexity index is 429. The second-order valence-electron chi connectivity index (χ2n) is 5.00. The summed E-state index contributed by atoms with van der Waals surface area (Å²) in [5, 5.41) is 11.6. The lowest BCUT2D eigenvalue weighted by Crippen LogP contribution is -2.41. The zero-order valence-electron chi connectivity index (χ0n) is 11.1. The van der Waals surface area contributed by atoms with E-state index in [1.54, 1.807) is 0 Å². The lowest BCUT2D eigenvalue weighted by atomic mass is 9.91. The SMILES string of the molecule is CCCN(c1ncc([N+](=O)[O-])s1)C1CCC(N)CC1. The van der Waals surface area contributed by atoms with Gasteiger partial charge in [-0.05, 0) is 43.4 Å². The van der Waals surface area contributed by atoms with E-state index in [2.05, 4.69) is 16.8 Å². The van der Waals surface area contributed by atoms with Gasteiger partial charge in [0.15, 0.2) is 5.13 Å². The van der Waals surface area contributed by atoms with Crippen molar-refractivity contribution in [2.24, 2.45) is 5.73 Å². The molecular weight excluding hydrogens is 264 g/mol. The fourth-order valence-corrected chi connectivity index (χ4v) is 3.39. The predicted molar refractivity (Wildman–Crippen MR) is 76.6 cm³/mol. The van der Waals surface area contributed by atoms with E-state index in [0.29, 0.717) is 12.1 Å². The normalized spacial score (nSPS) is 23.3. The van der Waals surface area contributed by atoms with Gasteiger partial charge in [0.05, 0.1) is 4.92 Å². The Balaban J connectivity index is 2.12. The van der Waals surface area contributed by atoms with Gasteiger partial charge in [-0.15, -0.1) is 0 Å². The molecule has 0 radical (unpaired) electrons. The van der Waals surface area contributed by atoms with E-state index in [9.17, 15) is 10.1 Å². The van der Waals surface area contributed by atoms with Crippen LogP contribution in [0.3, 0.4) is 0 Å². The van der Waals surface area contributed by atoms with Crippen molar-refractivity contribution in [2.45, 2.75) is 51.1 Å². The predicted octanol–water partition coefficient (Wildman–Crippen LogP) is 2.54. The van der Waals surface area contributed by atoms with Crippen molar-refractivity contribution in [2.75, 3.05) is 11.4 Å². The van der Waals surface area contributed by atoms with Crippen LogP contribution < -0.4 is 10.6 Å². The van der Waals surface area contributed by atoms with Crippen molar-refractivity contribution in [3.05, 3.63) is 16.3 Å². The Morgan fingerprint density at radius 2 is 2.21 bits per heavy atom. The number of thiazole rings is 1. The summed E-state index contributed by atoms with van der Waals surface area (Å²) < 4.78 is 0. The van der Waals surface area contributed by atoms with Gasteiger partial charge < -0.3 is 10.6 Å². The lowest BCUT2D eigenvalue weighted by molar-refractivity contribution is -0.380. The third kappa shape index (κ3) is 3.42. The third-order valence-electron chi connectivity index (χ3n) is 3.55. The summed E-state index contributed by atoms with van der Waals surface area (Å²) in [4.78, 5) is 16.8. The topological polar surface area (TPSA) is 85.3 Å². The van der Waals surface area contributed by atoms with Crippen LogP contribution in [0.25, 0.3) is 0 Å². The first kappa shape index (κ1) is 14.2. The van der Waals surface area contributed by atoms with Crippen LogP contribution in [0.4, 0.5) is 10.1 Å². The van der Waals surface area contributed by atoms with Crippen LogP contribution >= 0.6 is 11.3 Å². The molecule has 1 heterocycles. The molecule has 19 heavy (non-hydrogen) atoms. The highest BCUT2D eigenvalue weighted by molar-refractivity contribution is 7.18. The van der Waals surface area contributed by atoms with Crippen LogP contribution in [0.5, 0.6) is 0 Å². The second-order valence-corrected chi connectivity index (χ2v) is 5.99. The monoisotopic (exact) mass is 284 g/mol. The molecule has 1 fully saturated rings. The Morgan fingerprint density at radius 3 is 2.74 bits per heavy atom. The second kappa shape index (κ2) is 6.29. The molecule has 0 spiro atoms. The number of nitrogens with zero attached hydrogens (tertiary/aromatic N) is 3. The van der Waals surface area contributed by atoms with Crippen LogP contribution in [0.1, 0.15) is 39.0 Å². The van der Waals surface area contributed by atoms with E-state index in [0.717, 1.165) is 43.8 Å². The summed E-state index contributed by atoms with van der Waals surface area (Å²) in [5.74, 6) is 0. The Labute approximate surface area is 116 Å². The van der Waals surface area contributed by atoms with Gasteiger partial charge in [-0.2, -0.15) is 0 Å². The summed E-state index contributed by atoms with van der Waals surface area (Å²) in [6.07, 6.45) is 6.52. The van der Waals surface area contributed by atoms with E-state index in [1.165, 1.54) is 17.5 Å². The zero-order chi connectivity index (χ0) is 13.8. The first-order chi connectivity index (χ1) is 9.11. The van der Waals surface area contributed by atoms with E-state index in [-0.39, 0.29) is 9.92 Å². The average molecular weight is 284 g/mol. The highest BCUT2D eigenvalue weighted by Crippen LogP contribution is 2.33. The lowest BCUT2D eigenvalue weighted by Gasteiger charge is -2.35. The van der Waals surface area contributed by atoms with Gasteiger partial charge >= 0.3 is 5.00 Å². The summed E-state index contributed by atoms with van der Waals surface area (Å²) >= 11 is 1.17. The zero-order valence-corrected chi connectivity index (χ0v) is 11.9. The average Bonchev–Trinajstić information content (AvgIpc) is 2.87. The maximum absolute atomic E-state index is 10.8. The fourth-order valence-electron chi connectivity index (χ4n) is 2.56. The number of aromatic nitrogens is 1. The van der Waals surface area contributed by atoms with Crippen molar-refractivity contribution in [1.82, 2.24) is 4.98 Å².